The van der Waals surface area contributed by atoms with Gasteiger partial charge in [0.2, 0.25) is 0 Å². The molecule has 6 rings (SSSR count). The number of aliphatic hydroxyl groups is 1. The summed E-state index contributed by atoms with van der Waals surface area (Å²) in [6.45, 7) is 7.87. The average molecular weight is 570 g/mol. The van der Waals surface area contributed by atoms with Gasteiger partial charge in [-0.25, -0.2) is 0 Å². The van der Waals surface area contributed by atoms with Crippen LogP contribution in [0.2, 0.25) is 0 Å². The quantitative estimate of drug-likeness (QED) is 0.340. The molecule has 5 atom stereocenters. The molecule has 3 aliphatic heterocycles. The molecule has 0 saturated carbocycles. The molecule has 3 heterocycles. The highest BCUT2D eigenvalue weighted by Crippen LogP contribution is 2.42. The van der Waals surface area contributed by atoms with E-state index < -0.39 is 6.29 Å². The summed E-state index contributed by atoms with van der Waals surface area (Å²) in [4.78, 5) is 17.9. The van der Waals surface area contributed by atoms with Gasteiger partial charge >= 0.3 is 0 Å². The first kappa shape index (κ1) is 29.0. The third-order valence-electron chi connectivity index (χ3n) is 9.18. The molecule has 0 radical (unpaired) electrons. The van der Waals surface area contributed by atoms with Gasteiger partial charge in [0.15, 0.2) is 6.29 Å². The number of carbonyl (C=O) groups is 1. The van der Waals surface area contributed by atoms with Gasteiger partial charge in [0.05, 0.1) is 18.8 Å². The number of anilines is 1. The largest absolute Gasteiger partial charge is 0.392 e. The van der Waals surface area contributed by atoms with E-state index in [9.17, 15) is 9.90 Å². The molecule has 0 aliphatic carbocycles. The SMILES string of the molecule is C[C@H]1[C@@H](CN2CCC[C@H]2CN2CCCC2)O[C@@H](c2ccc(NC(=O)c3ccccc3)cc2)O[C@H]1c1ccc(CO)cc1. The van der Waals surface area contributed by atoms with Crippen molar-refractivity contribution in [1.82, 2.24) is 9.80 Å². The van der Waals surface area contributed by atoms with E-state index in [0.717, 1.165) is 42.0 Å². The van der Waals surface area contributed by atoms with Crippen molar-refractivity contribution >= 4 is 11.6 Å². The molecule has 0 bridgehead atoms. The Morgan fingerprint density at radius 2 is 1.57 bits per heavy atom. The van der Waals surface area contributed by atoms with Gasteiger partial charge in [-0.2, -0.15) is 0 Å². The Morgan fingerprint density at radius 3 is 2.29 bits per heavy atom. The van der Waals surface area contributed by atoms with Crippen molar-refractivity contribution in [1.29, 1.82) is 0 Å². The Morgan fingerprint density at radius 1 is 0.857 bits per heavy atom. The molecule has 0 unspecified atom stereocenters. The van der Waals surface area contributed by atoms with Crippen LogP contribution in [0.5, 0.6) is 0 Å². The van der Waals surface area contributed by atoms with Crippen molar-refractivity contribution in [3.63, 3.8) is 0 Å². The molecule has 3 aromatic rings. The maximum absolute atomic E-state index is 12.6. The van der Waals surface area contributed by atoms with Crippen LogP contribution in [0.3, 0.4) is 0 Å². The minimum atomic E-state index is -0.521. The summed E-state index contributed by atoms with van der Waals surface area (Å²) >= 11 is 0. The summed E-state index contributed by atoms with van der Waals surface area (Å²) in [5, 5.41) is 12.5. The lowest BCUT2D eigenvalue weighted by Gasteiger charge is -2.43. The third kappa shape index (κ3) is 6.77. The lowest BCUT2D eigenvalue weighted by atomic mass is 9.90. The van der Waals surface area contributed by atoms with Crippen LogP contribution in [0.25, 0.3) is 0 Å². The third-order valence-corrected chi connectivity index (χ3v) is 9.18. The lowest BCUT2D eigenvalue weighted by Crippen LogP contribution is -2.48. The lowest BCUT2D eigenvalue weighted by molar-refractivity contribution is -0.276. The van der Waals surface area contributed by atoms with Crippen LogP contribution in [0.4, 0.5) is 5.69 Å². The minimum absolute atomic E-state index is 0.00269. The molecule has 7 heteroatoms. The highest BCUT2D eigenvalue weighted by molar-refractivity contribution is 6.04. The molecular formula is C35H43N3O4. The predicted octanol–water partition coefficient (Wildman–Crippen LogP) is 5.78. The summed E-state index contributed by atoms with van der Waals surface area (Å²) in [6.07, 6.45) is 4.47. The van der Waals surface area contributed by atoms with Crippen molar-refractivity contribution in [2.24, 2.45) is 5.92 Å². The zero-order valence-electron chi connectivity index (χ0n) is 24.5. The van der Waals surface area contributed by atoms with Crippen molar-refractivity contribution in [3.8, 4) is 0 Å². The van der Waals surface area contributed by atoms with Crippen LogP contribution in [-0.4, -0.2) is 65.7 Å². The Kier molecular flexibility index (Phi) is 9.32. The average Bonchev–Trinajstić information content (AvgIpc) is 3.71. The first-order valence-corrected chi connectivity index (χ1v) is 15.5. The molecule has 1 amide bonds. The van der Waals surface area contributed by atoms with E-state index in [4.69, 9.17) is 9.47 Å². The van der Waals surface area contributed by atoms with Crippen LogP contribution in [0.1, 0.15) is 72.0 Å². The van der Waals surface area contributed by atoms with Gasteiger partial charge in [-0.15, -0.1) is 0 Å². The Bertz CT molecular complexity index is 1290. The number of likely N-dealkylation sites (tertiary alicyclic amines) is 2. The minimum Gasteiger partial charge on any atom is -0.392 e. The second-order valence-corrected chi connectivity index (χ2v) is 12.1. The van der Waals surface area contributed by atoms with Gasteiger partial charge < -0.3 is 24.8 Å². The van der Waals surface area contributed by atoms with E-state index in [1.165, 1.54) is 38.8 Å². The van der Waals surface area contributed by atoms with Gasteiger partial charge in [0, 0.05) is 41.9 Å². The second-order valence-electron chi connectivity index (χ2n) is 12.1. The highest BCUT2D eigenvalue weighted by atomic mass is 16.7. The van der Waals surface area contributed by atoms with Crippen LogP contribution in [0.15, 0.2) is 78.9 Å². The van der Waals surface area contributed by atoms with Crippen LogP contribution < -0.4 is 5.32 Å². The monoisotopic (exact) mass is 569 g/mol. The number of amides is 1. The predicted molar refractivity (Wildman–Crippen MR) is 164 cm³/mol. The number of hydrogen-bond donors (Lipinski definition) is 2. The molecule has 2 N–H and O–H groups in total. The standard InChI is InChI=1S/C35H43N3O4/c1-25-32(23-38-21-7-10-31(38)22-37-19-5-6-20-37)41-35(42-33(25)27-13-11-26(24-39)12-14-27)29-15-17-30(18-16-29)36-34(40)28-8-3-2-4-9-28/h2-4,8-9,11-18,25,31-33,35,39H,5-7,10,19-24H2,1H3,(H,36,40)/t25-,31-,32+,33+,35+/m0/s1. The molecule has 3 fully saturated rings. The number of nitrogens with zero attached hydrogens (tertiary/aromatic N) is 2. The molecule has 42 heavy (non-hydrogen) atoms. The number of aliphatic hydroxyl groups excluding tert-OH is 1. The van der Waals surface area contributed by atoms with Gasteiger partial charge in [0.1, 0.15) is 0 Å². The van der Waals surface area contributed by atoms with Gasteiger partial charge in [-0.3, -0.25) is 9.69 Å². The van der Waals surface area contributed by atoms with E-state index in [-0.39, 0.29) is 30.6 Å². The molecule has 0 spiro atoms. The smallest absolute Gasteiger partial charge is 0.255 e. The number of hydrogen-bond acceptors (Lipinski definition) is 6. The van der Waals surface area contributed by atoms with Gasteiger partial charge in [-0.05, 0) is 80.7 Å². The molecule has 7 nitrogen and oxygen atoms in total. The van der Waals surface area contributed by atoms with E-state index in [1.807, 2.05) is 54.6 Å². The number of rotatable bonds is 9. The van der Waals surface area contributed by atoms with Crippen molar-refractivity contribution < 1.29 is 19.4 Å². The first-order chi connectivity index (χ1) is 20.6. The maximum Gasteiger partial charge on any atom is 0.255 e. The molecule has 3 aliphatic rings. The Hall–Kier alpha value is -3.07. The van der Waals surface area contributed by atoms with Crippen LogP contribution in [0, 0.1) is 5.92 Å². The normalized spacial score (nSPS) is 26.9. The topological polar surface area (TPSA) is 74.3 Å². The summed E-state index contributed by atoms with van der Waals surface area (Å²) in [6, 6.07) is 25.7. The van der Waals surface area contributed by atoms with Gasteiger partial charge in [-0.1, -0.05) is 61.5 Å². The van der Waals surface area contributed by atoms with Crippen LogP contribution in [-0.2, 0) is 16.1 Å². The van der Waals surface area contributed by atoms with Crippen molar-refractivity contribution in [2.45, 2.75) is 63.8 Å². The summed E-state index contributed by atoms with van der Waals surface area (Å²) in [5.74, 6) is 0.0154. The summed E-state index contributed by atoms with van der Waals surface area (Å²) < 4.78 is 13.4. The van der Waals surface area contributed by atoms with E-state index >= 15 is 0 Å². The molecule has 3 aromatic carbocycles. The van der Waals surface area contributed by atoms with Crippen molar-refractivity contribution in [2.75, 3.05) is 38.0 Å². The van der Waals surface area contributed by atoms with Crippen LogP contribution >= 0.6 is 0 Å². The zero-order valence-corrected chi connectivity index (χ0v) is 24.5. The fourth-order valence-corrected chi connectivity index (χ4v) is 6.68. The molecule has 0 aromatic heterocycles. The maximum atomic E-state index is 12.6. The van der Waals surface area contributed by atoms with E-state index in [2.05, 4.69) is 34.2 Å². The fraction of sp³-hybridized carbons (Fsp3) is 0.457. The molecule has 3 saturated heterocycles. The van der Waals surface area contributed by atoms with Crippen molar-refractivity contribution in [3.05, 3.63) is 101 Å². The second kappa shape index (κ2) is 13.5. The number of ether oxygens (including phenoxy) is 2. The van der Waals surface area contributed by atoms with Gasteiger partial charge in [0.25, 0.3) is 5.91 Å². The molecular weight excluding hydrogens is 526 g/mol. The summed E-state index contributed by atoms with van der Waals surface area (Å²) in [7, 11) is 0. The zero-order chi connectivity index (χ0) is 28.9. The Labute approximate surface area is 249 Å². The van der Waals surface area contributed by atoms with E-state index in [1.54, 1.807) is 12.1 Å². The Balaban J connectivity index is 1.19. The fourth-order valence-electron chi connectivity index (χ4n) is 6.68. The first-order valence-electron chi connectivity index (χ1n) is 15.5. The number of carbonyl (C=O) groups excluding carboxylic acids is 1. The number of nitrogens with one attached hydrogen (secondary N) is 1. The molecule has 222 valence electrons. The van der Waals surface area contributed by atoms with E-state index in [0.29, 0.717) is 11.6 Å². The highest BCUT2D eigenvalue weighted by Gasteiger charge is 2.40. The summed E-state index contributed by atoms with van der Waals surface area (Å²) in [5.41, 5.74) is 4.27. The number of benzene rings is 3.